The molecule has 30 heavy (non-hydrogen) atoms. The molecular weight excluding hydrogens is 430 g/mol. The van der Waals surface area contributed by atoms with Crippen molar-refractivity contribution in [2.75, 3.05) is 24.7 Å². The molecule has 2 aliphatic rings. The van der Waals surface area contributed by atoms with Gasteiger partial charge in [0, 0.05) is 12.7 Å². The second-order valence-electron chi connectivity index (χ2n) is 7.05. The zero-order valence-electron chi connectivity index (χ0n) is 15.2. The van der Waals surface area contributed by atoms with Gasteiger partial charge in [0.05, 0.1) is 23.8 Å². The predicted octanol–water partition coefficient (Wildman–Crippen LogP) is 3.04. The highest BCUT2D eigenvalue weighted by molar-refractivity contribution is 6.30. The van der Waals surface area contributed by atoms with Crippen LogP contribution in [-0.4, -0.2) is 47.0 Å². The van der Waals surface area contributed by atoms with Gasteiger partial charge < -0.3 is 9.64 Å². The molecule has 2 saturated heterocycles. The quantitative estimate of drug-likeness (QED) is 0.684. The normalized spacial score (nSPS) is 18.7. The van der Waals surface area contributed by atoms with Crippen molar-refractivity contribution in [1.29, 1.82) is 0 Å². The van der Waals surface area contributed by atoms with E-state index >= 15 is 0 Å². The summed E-state index contributed by atoms with van der Waals surface area (Å²) in [5.74, 6) is -2.25. The first-order valence-electron chi connectivity index (χ1n) is 8.79. The Morgan fingerprint density at radius 3 is 2.37 bits per heavy atom. The third-order valence-corrected chi connectivity index (χ3v) is 5.31. The Hall–Kier alpha value is -2.72. The van der Waals surface area contributed by atoms with Crippen LogP contribution in [0.25, 0.3) is 0 Å². The van der Waals surface area contributed by atoms with Crippen LogP contribution in [0.1, 0.15) is 11.1 Å². The van der Waals surface area contributed by atoms with Crippen LogP contribution in [0.5, 0.6) is 0 Å². The molecule has 0 radical (unpaired) electrons. The summed E-state index contributed by atoms with van der Waals surface area (Å²) in [6, 6.07) is 5.31. The second kappa shape index (κ2) is 7.21. The predicted molar refractivity (Wildman–Crippen MR) is 97.1 cm³/mol. The Balaban J connectivity index is 1.62. The number of hydrogen-bond acceptors (Lipinski definition) is 4. The SMILES string of the molecule is O=C1CN(c2ncc(Cl)cc2F)C(=O)C2(COC2)N1Cc1ccc(C(F)(F)F)cc1. The van der Waals surface area contributed by atoms with Crippen molar-refractivity contribution < 1.29 is 31.9 Å². The van der Waals surface area contributed by atoms with Crippen LogP contribution in [0, 0.1) is 5.82 Å². The molecule has 1 spiro atoms. The number of rotatable bonds is 3. The van der Waals surface area contributed by atoms with E-state index in [2.05, 4.69) is 4.98 Å². The molecule has 0 saturated carbocycles. The molecule has 0 bridgehead atoms. The van der Waals surface area contributed by atoms with E-state index in [9.17, 15) is 27.2 Å². The minimum absolute atomic E-state index is 0.0395. The van der Waals surface area contributed by atoms with Crippen LogP contribution in [0.3, 0.4) is 0 Å². The summed E-state index contributed by atoms with van der Waals surface area (Å²) < 4.78 is 57.8. The molecule has 2 aliphatic heterocycles. The van der Waals surface area contributed by atoms with Crippen LogP contribution in [0.15, 0.2) is 36.5 Å². The molecule has 2 amide bonds. The van der Waals surface area contributed by atoms with E-state index in [1.165, 1.54) is 17.0 Å². The number of piperazine rings is 1. The van der Waals surface area contributed by atoms with Crippen molar-refractivity contribution in [3.05, 3.63) is 58.5 Å². The molecule has 11 heteroatoms. The van der Waals surface area contributed by atoms with Crippen LogP contribution in [-0.2, 0) is 27.0 Å². The molecule has 2 aromatic rings. The molecule has 0 aliphatic carbocycles. The lowest BCUT2D eigenvalue weighted by Crippen LogP contribution is -2.76. The van der Waals surface area contributed by atoms with Crippen molar-refractivity contribution in [2.45, 2.75) is 18.3 Å². The maximum absolute atomic E-state index is 14.3. The molecule has 1 aromatic heterocycles. The summed E-state index contributed by atoms with van der Waals surface area (Å²) >= 11 is 5.70. The highest BCUT2D eigenvalue weighted by Crippen LogP contribution is 2.36. The minimum Gasteiger partial charge on any atom is -0.375 e. The summed E-state index contributed by atoms with van der Waals surface area (Å²) in [7, 11) is 0. The second-order valence-corrected chi connectivity index (χ2v) is 7.49. The monoisotopic (exact) mass is 443 g/mol. The summed E-state index contributed by atoms with van der Waals surface area (Å²) in [6.07, 6.45) is -3.31. The maximum Gasteiger partial charge on any atom is 0.416 e. The standard InChI is InChI=1S/C19H14ClF4N3O3/c20-13-5-14(21)16(25-6-13)26-8-15(28)27(18(17(26)29)9-30-10-18)7-11-1-3-12(4-2-11)19(22,23)24/h1-6H,7-10H2. The average molecular weight is 444 g/mol. The van der Waals surface area contributed by atoms with Crippen LogP contribution in [0.2, 0.25) is 5.02 Å². The lowest BCUT2D eigenvalue weighted by molar-refractivity contribution is -0.184. The highest BCUT2D eigenvalue weighted by Gasteiger charge is 2.58. The van der Waals surface area contributed by atoms with Gasteiger partial charge in [0.25, 0.3) is 5.91 Å². The van der Waals surface area contributed by atoms with Crippen LogP contribution >= 0.6 is 11.6 Å². The van der Waals surface area contributed by atoms with Gasteiger partial charge in [0.2, 0.25) is 5.91 Å². The lowest BCUT2D eigenvalue weighted by atomic mass is 9.89. The first-order valence-corrected chi connectivity index (χ1v) is 9.17. The third-order valence-electron chi connectivity index (χ3n) is 5.10. The Morgan fingerprint density at radius 2 is 1.83 bits per heavy atom. The summed E-state index contributed by atoms with van der Waals surface area (Å²) in [5, 5.41) is 0.0395. The molecule has 1 aromatic carbocycles. The number of nitrogens with zero attached hydrogens (tertiary/aromatic N) is 3. The van der Waals surface area contributed by atoms with E-state index in [0.29, 0.717) is 5.56 Å². The first-order chi connectivity index (χ1) is 14.1. The number of anilines is 1. The molecule has 0 N–H and O–H groups in total. The van der Waals surface area contributed by atoms with E-state index in [4.69, 9.17) is 16.3 Å². The fraction of sp³-hybridized carbons (Fsp3) is 0.316. The Bertz CT molecular complexity index is 1010. The van der Waals surface area contributed by atoms with Gasteiger partial charge in [-0.3, -0.25) is 14.5 Å². The zero-order valence-corrected chi connectivity index (χ0v) is 16.0. The van der Waals surface area contributed by atoms with Crippen molar-refractivity contribution in [3.63, 3.8) is 0 Å². The average Bonchev–Trinajstić information content (AvgIpc) is 2.63. The van der Waals surface area contributed by atoms with E-state index in [1.54, 1.807) is 0 Å². The molecule has 3 heterocycles. The summed E-state index contributed by atoms with van der Waals surface area (Å²) in [5.41, 5.74) is -1.77. The third kappa shape index (κ3) is 3.39. The number of benzene rings is 1. The summed E-state index contributed by atoms with van der Waals surface area (Å²) in [4.78, 5) is 32.1. The van der Waals surface area contributed by atoms with Gasteiger partial charge in [-0.25, -0.2) is 9.37 Å². The van der Waals surface area contributed by atoms with Crippen LogP contribution < -0.4 is 4.90 Å². The number of aromatic nitrogens is 1. The molecule has 2 fully saturated rings. The van der Waals surface area contributed by atoms with Gasteiger partial charge in [0.1, 0.15) is 6.54 Å². The van der Waals surface area contributed by atoms with E-state index in [-0.39, 0.29) is 30.6 Å². The van der Waals surface area contributed by atoms with E-state index in [1.807, 2.05) is 0 Å². The number of pyridine rings is 1. The molecular formula is C19H14ClF4N3O3. The molecule has 0 atom stereocenters. The van der Waals surface area contributed by atoms with Gasteiger partial charge in [0.15, 0.2) is 17.2 Å². The number of alkyl halides is 3. The number of halogens is 5. The Kier molecular flexibility index (Phi) is 4.94. The van der Waals surface area contributed by atoms with Gasteiger partial charge in [-0.15, -0.1) is 0 Å². The number of carbonyl (C=O) groups is 2. The number of carbonyl (C=O) groups excluding carboxylic acids is 2. The topological polar surface area (TPSA) is 62.7 Å². The van der Waals surface area contributed by atoms with Gasteiger partial charge >= 0.3 is 6.18 Å². The smallest absolute Gasteiger partial charge is 0.375 e. The fourth-order valence-electron chi connectivity index (χ4n) is 3.47. The van der Waals surface area contributed by atoms with Crippen molar-refractivity contribution >= 4 is 29.2 Å². The zero-order chi connectivity index (χ0) is 21.7. The van der Waals surface area contributed by atoms with E-state index in [0.717, 1.165) is 29.3 Å². The number of ether oxygens (including phenoxy) is 1. The van der Waals surface area contributed by atoms with Gasteiger partial charge in [-0.1, -0.05) is 23.7 Å². The molecule has 4 rings (SSSR count). The van der Waals surface area contributed by atoms with Crippen molar-refractivity contribution in [2.24, 2.45) is 0 Å². The number of hydrogen-bond donors (Lipinski definition) is 0. The lowest BCUT2D eigenvalue weighted by Gasteiger charge is -2.52. The summed E-state index contributed by atoms with van der Waals surface area (Å²) in [6.45, 7) is -0.767. The molecule has 0 unspecified atom stereocenters. The molecule has 6 nitrogen and oxygen atoms in total. The Morgan fingerprint density at radius 1 is 1.17 bits per heavy atom. The van der Waals surface area contributed by atoms with Crippen molar-refractivity contribution in [3.8, 4) is 0 Å². The van der Waals surface area contributed by atoms with Gasteiger partial charge in [-0.2, -0.15) is 13.2 Å². The van der Waals surface area contributed by atoms with Crippen molar-refractivity contribution in [1.82, 2.24) is 9.88 Å². The number of amides is 2. The maximum atomic E-state index is 14.3. The van der Waals surface area contributed by atoms with Crippen LogP contribution in [0.4, 0.5) is 23.4 Å². The molecule has 158 valence electrons. The first kappa shape index (κ1) is 20.5. The minimum atomic E-state index is -4.48. The van der Waals surface area contributed by atoms with E-state index < -0.39 is 41.5 Å². The van der Waals surface area contributed by atoms with Gasteiger partial charge in [-0.05, 0) is 23.8 Å². The largest absolute Gasteiger partial charge is 0.416 e. The fourth-order valence-corrected chi connectivity index (χ4v) is 3.62. The Labute approximate surface area is 173 Å². The highest BCUT2D eigenvalue weighted by atomic mass is 35.5.